The average Bonchev–Trinajstić information content (AvgIpc) is 2.56. The van der Waals surface area contributed by atoms with Crippen LogP contribution >= 0.6 is 0 Å². The molecule has 1 aliphatic carbocycles. The number of carbonyl (C=O) groups is 1. The summed E-state index contributed by atoms with van der Waals surface area (Å²) in [6.45, 7) is 1.67. The molecule has 0 saturated heterocycles. The molecule has 0 fully saturated rings. The van der Waals surface area contributed by atoms with Crippen LogP contribution in [0.25, 0.3) is 11.0 Å². The summed E-state index contributed by atoms with van der Waals surface area (Å²) in [5.74, 6) is -0.406. The number of hydrogen-bond acceptors (Lipinski definition) is 5. The number of phenols is 1. The molecule has 0 aliphatic heterocycles. The van der Waals surface area contributed by atoms with Crippen LogP contribution in [0.3, 0.4) is 0 Å². The summed E-state index contributed by atoms with van der Waals surface area (Å²) in [5, 5.41) is 11.2. The van der Waals surface area contributed by atoms with Gasteiger partial charge in [-0.2, -0.15) is 0 Å². The zero-order valence-electron chi connectivity index (χ0n) is 14.2. The van der Waals surface area contributed by atoms with E-state index < -0.39 is 0 Å². The summed E-state index contributed by atoms with van der Waals surface area (Å²) < 4.78 is 5.45. The van der Waals surface area contributed by atoms with Crippen LogP contribution in [0.5, 0.6) is 5.75 Å². The summed E-state index contributed by atoms with van der Waals surface area (Å²) in [5.41, 5.74) is 2.39. The molecule has 0 bridgehead atoms. The molecule has 1 aromatic heterocycles. The number of aryl methyl sites for hydroxylation is 2. The van der Waals surface area contributed by atoms with Crippen molar-refractivity contribution in [1.82, 2.24) is 4.90 Å². The lowest BCUT2D eigenvalue weighted by Crippen LogP contribution is -2.16. The fourth-order valence-electron chi connectivity index (χ4n) is 3.22. The molecule has 1 aromatic carbocycles. The van der Waals surface area contributed by atoms with Crippen molar-refractivity contribution in [3.05, 3.63) is 51.0 Å². The predicted octanol–water partition coefficient (Wildman–Crippen LogP) is 2.94. The first-order chi connectivity index (χ1) is 11.4. The summed E-state index contributed by atoms with van der Waals surface area (Å²) in [6, 6.07) is 1.66. The molecule has 2 aromatic rings. The van der Waals surface area contributed by atoms with Gasteiger partial charge in [0.2, 0.25) is 0 Å². The van der Waals surface area contributed by atoms with Crippen LogP contribution in [0.15, 0.2) is 27.6 Å². The third-order valence-corrected chi connectivity index (χ3v) is 4.51. The van der Waals surface area contributed by atoms with Crippen LogP contribution in [0.4, 0.5) is 0 Å². The lowest BCUT2D eigenvalue weighted by atomic mass is 9.89. The second-order valence-electron chi connectivity index (χ2n) is 6.47. The third-order valence-electron chi connectivity index (χ3n) is 4.51. The van der Waals surface area contributed by atoms with Gasteiger partial charge in [-0.05, 0) is 44.2 Å². The molecule has 0 amide bonds. The number of fused-ring (bicyclic) bond motifs is 3. The van der Waals surface area contributed by atoms with E-state index in [4.69, 9.17) is 4.42 Å². The Balaban J connectivity index is 2.26. The molecule has 1 aliphatic rings. The Morgan fingerprint density at radius 1 is 1.25 bits per heavy atom. The van der Waals surface area contributed by atoms with Crippen molar-refractivity contribution >= 4 is 16.8 Å². The van der Waals surface area contributed by atoms with E-state index in [9.17, 15) is 14.7 Å². The first-order valence-electron chi connectivity index (χ1n) is 8.10. The average molecular weight is 327 g/mol. The molecule has 1 N–H and O–H groups in total. The number of phenolic OH excluding ortho intramolecular Hbond substituents is 1. The van der Waals surface area contributed by atoms with Crippen molar-refractivity contribution in [3.63, 3.8) is 0 Å². The van der Waals surface area contributed by atoms with Crippen molar-refractivity contribution in [2.75, 3.05) is 14.1 Å². The summed E-state index contributed by atoms with van der Waals surface area (Å²) in [4.78, 5) is 26.4. The van der Waals surface area contributed by atoms with Gasteiger partial charge in [0.05, 0.1) is 5.56 Å². The highest BCUT2D eigenvalue weighted by atomic mass is 16.4. The first kappa shape index (κ1) is 16.3. The molecule has 126 valence electrons. The summed E-state index contributed by atoms with van der Waals surface area (Å²) >= 11 is 0. The van der Waals surface area contributed by atoms with E-state index in [2.05, 4.69) is 0 Å². The van der Waals surface area contributed by atoms with Crippen molar-refractivity contribution < 1.29 is 14.3 Å². The van der Waals surface area contributed by atoms with E-state index >= 15 is 0 Å². The van der Waals surface area contributed by atoms with E-state index in [1.54, 1.807) is 24.1 Å². The van der Waals surface area contributed by atoms with Gasteiger partial charge in [-0.3, -0.25) is 4.79 Å². The second-order valence-corrected chi connectivity index (χ2v) is 6.47. The number of nitrogens with zero attached hydrogens (tertiary/aromatic N) is 1. The molecule has 0 spiro atoms. The number of aromatic hydroxyl groups is 1. The maximum atomic E-state index is 12.4. The number of carbonyl (C=O) groups excluding carboxylic acids is 1. The molecule has 0 radical (unpaired) electrons. The molecule has 24 heavy (non-hydrogen) atoms. The zero-order chi connectivity index (χ0) is 17.4. The quantitative estimate of drug-likeness (QED) is 0.533. The highest BCUT2D eigenvalue weighted by molar-refractivity contribution is 6.09. The van der Waals surface area contributed by atoms with Gasteiger partial charge in [0, 0.05) is 42.9 Å². The van der Waals surface area contributed by atoms with E-state index in [0.29, 0.717) is 23.1 Å². The van der Waals surface area contributed by atoms with Gasteiger partial charge < -0.3 is 14.4 Å². The Bertz CT molecular complexity index is 906. The van der Waals surface area contributed by atoms with Gasteiger partial charge in [0.1, 0.15) is 11.3 Å². The Hall–Kier alpha value is -2.56. The fraction of sp³-hybridized carbons (Fsp3) is 0.368. The highest BCUT2D eigenvalue weighted by Gasteiger charge is 2.22. The van der Waals surface area contributed by atoms with Crippen LogP contribution in [0.1, 0.15) is 39.9 Å². The monoisotopic (exact) mass is 327 g/mol. The summed E-state index contributed by atoms with van der Waals surface area (Å²) in [7, 11) is 3.64. The van der Waals surface area contributed by atoms with Gasteiger partial charge in [0.25, 0.3) is 0 Å². The Morgan fingerprint density at radius 3 is 2.58 bits per heavy atom. The SMILES string of the molecule is Cc1c(O)c(C(=O)/C=C\N(C)C)cc2c3c(c(=O)oc12)CCCC3. The molecular weight excluding hydrogens is 306 g/mol. The fourth-order valence-corrected chi connectivity index (χ4v) is 3.22. The number of ketones is 1. The smallest absolute Gasteiger partial charge is 0.339 e. The minimum atomic E-state index is -0.328. The first-order valence-corrected chi connectivity index (χ1v) is 8.10. The molecular formula is C19H21NO4. The van der Waals surface area contributed by atoms with E-state index in [1.165, 1.54) is 6.08 Å². The van der Waals surface area contributed by atoms with Gasteiger partial charge in [-0.15, -0.1) is 0 Å². The van der Waals surface area contributed by atoms with E-state index in [1.807, 2.05) is 14.1 Å². The Morgan fingerprint density at radius 2 is 1.92 bits per heavy atom. The van der Waals surface area contributed by atoms with E-state index in [-0.39, 0.29) is 22.7 Å². The van der Waals surface area contributed by atoms with Crippen LogP contribution in [0, 0.1) is 6.92 Å². The Kier molecular flexibility index (Phi) is 4.18. The van der Waals surface area contributed by atoms with Gasteiger partial charge in [-0.1, -0.05) is 0 Å². The molecule has 0 saturated carbocycles. The second kappa shape index (κ2) is 6.15. The minimum absolute atomic E-state index is 0.130. The lowest BCUT2D eigenvalue weighted by Gasteiger charge is -2.18. The molecule has 5 heteroatoms. The molecule has 3 rings (SSSR count). The van der Waals surface area contributed by atoms with Crippen molar-refractivity contribution in [2.24, 2.45) is 0 Å². The minimum Gasteiger partial charge on any atom is -0.507 e. The largest absolute Gasteiger partial charge is 0.507 e. The maximum absolute atomic E-state index is 12.4. The molecule has 5 nitrogen and oxygen atoms in total. The van der Waals surface area contributed by atoms with Gasteiger partial charge >= 0.3 is 5.63 Å². The Labute approximate surface area is 140 Å². The predicted molar refractivity (Wildman–Crippen MR) is 92.7 cm³/mol. The van der Waals surface area contributed by atoms with E-state index in [0.717, 1.165) is 30.2 Å². The maximum Gasteiger partial charge on any atom is 0.339 e. The molecule has 0 unspecified atom stereocenters. The molecule has 1 heterocycles. The number of allylic oxidation sites excluding steroid dienone is 1. The third kappa shape index (κ3) is 2.70. The highest BCUT2D eigenvalue weighted by Crippen LogP contribution is 2.35. The zero-order valence-corrected chi connectivity index (χ0v) is 14.2. The van der Waals surface area contributed by atoms with Gasteiger partial charge in [0.15, 0.2) is 5.78 Å². The number of hydrogen-bond donors (Lipinski definition) is 1. The van der Waals surface area contributed by atoms with Gasteiger partial charge in [-0.25, -0.2) is 4.79 Å². The topological polar surface area (TPSA) is 70.8 Å². The van der Waals surface area contributed by atoms with Crippen LogP contribution in [0.2, 0.25) is 0 Å². The van der Waals surface area contributed by atoms with Crippen LogP contribution in [-0.4, -0.2) is 29.9 Å². The lowest BCUT2D eigenvalue weighted by molar-refractivity contribution is 0.104. The van der Waals surface area contributed by atoms with Crippen molar-refractivity contribution in [1.29, 1.82) is 0 Å². The van der Waals surface area contributed by atoms with Crippen molar-refractivity contribution in [3.8, 4) is 5.75 Å². The van der Waals surface area contributed by atoms with Crippen molar-refractivity contribution in [2.45, 2.75) is 32.6 Å². The van der Waals surface area contributed by atoms with Crippen LogP contribution in [-0.2, 0) is 12.8 Å². The molecule has 0 atom stereocenters. The number of rotatable bonds is 3. The number of benzene rings is 1. The normalized spacial score (nSPS) is 14.1. The summed E-state index contributed by atoms with van der Waals surface area (Å²) in [6.07, 6.45) is 6.54. The standard InChI is InChI=1S/C19H21NO4/c1-11-17(22)15(16(21)8-9-20(2)3)10-14-12-6-4-5-7-13(12)19(23)24-18(11)14/h8-10,22H,4-7H2,1-3H3/b9-8-. The van der Waals surface area contributed by atoms with Crippen LogP contribution < -0.4 is 5.63 Å².